The van der Waals surface area contributed by atoms with Gasteiger partial charge in [-0.2, -0.15) is 0 Å². The van der Waals surface area contributed by atoms with Gasteiger partial charge in [-0.15, -0.1) is 0 Å². The van der Waals surface area contributed by atoms with Gasteiger partial charge in [0.15, 0.2) is 23.7 Å². The van der Waals surface area contributed by atoms with Crippen LogP contribution in [0.3, 0.4) is 0 Å². The Morgan fingerprint density at radius 2 is 1.85 bits per heavy atom. The van der Waals surface area contributed by atoms with E-state index in [1.165, 1.54) is 19.1 Å². The SMILES string of the molecule is CCCCOC(=O)O[C@]1(C(=O)COC(C)=O)[C@H](C)C[C@H]2[C@@H]3C[C@H](F)C4=CC(=O)C=C[C@]4(C)[C@@]3(F)[C@@H](O)C[C@@]21C. The first-order chi connectivity index (χ1) is 18.2. The lowest BCUT2D eigenvalue weighted by molar-refractivity contribution is -0.226. The van der Waals surface area contributed by atoms with E-state index in [2.05, 4.69) is 0 Å². The average molecular weight is 553 g/mol. The van der Waals surface area contributed by atoms with Gasteiger partial charge in [0.1, 0.15) is 6.17 Å². The van der Waals surface area contributed by atoms with Crippen LogP contribution >= 0.6 is 0 Å². The zero-order chi connectivity index (χ0) is 29.0. The molecule has 4 aliphatic carbocycles. The molecule has 1 N–H and O–H groups in total. The number of ketones is 2. The predicted octanol–water partition coefficient (Wildman–Crippen LogP) is 4.38. The molecule has 0 bridgehead atoms. The first-order valence-electron chi connectivity index (χ1n) is 13.7. The third-order valence-electron chi connectivity index (χ3n) is 9.95. The van der Waals surface area contributed by atoms with Crippen molar-refractivity contribution in [1.29, 1.82) is 0 Å². The highest BCUT2D eigenvalue weighted by Gasteiger charge is 2.78. The number of aliphatic hydroxyl groups is 1. The molecule has 216 valence electrons. The third-order valence-corrected chi connectivity index (χ3v) is 9.95. The molecule has 0 aromatic rings. The Kier molecular flexibility index (Phi) is 7.60. The molecule has 0 amide bonds. The van der Waals surface area contributed by atoms with Gasteiger partial charge in [-0.3, -0.25) is 14.4 Å². The minimum absolute atomic E-state index is 0.00426. The maximum absolute atomic E-state index is 17.4. The third kappa shape index (κ3) is 4.16. The molecular formula is C29H38F2O8. The Labute approximate surface area is 227 Å². The van der Waals surface area contributed by atoms with E-state index < -0.39 is 82.4 Å². The van der Waals surface area contributed by atoms with Gasteiger partial charge in [-0.05, 0) is 56.3 Å². The molecule has 3 saturated carbocycles. The summed E-state index contributed by atoms with van der Waals surface area (Å²) in [7, 11) is 0. The number of halogens is 2. The molecule has 0 aromatic heterocycles. The molecule has 3 fully saturated rings. The molecule has 10 heteroatoms. The molecule has 0 spiro atoms. The molecule has 4 aliphatic rings. The van der Waals surface area contributed by atoms with Crippen LogP contribution in [0.2, 0.25) is 0 Å². The fraction of sp³-hybridized carbons (Fsp3) is 0.724. The Morgan fingerprint density at radius 3 is 2.49 bits per heavy atom. The minimum atomic E-state index is -2.35. The molecule has 9 atom stereocenters. The zero-order valence-electron chi connectivity index (χ0n) is 23.1. The molecule has 0 aromatic carbocycles. The number of carbonyl (C=O) groups excluding carboxylic acids is 4. The smallest absolute Gasteiger partial charge is 0.458 e. The van der Waals surface area contributed by atoms with Crippen LogP contribution in [0.4, 0.5) is 13.6 Å². The molecule has 0 heterocycles. The summed E-state index contributed by atoms with van der Waals surface area (Å²) in [6.07, 6.45) is 0.164. The van der Waals surface area contributed by atoms with E-state index in [0.717, 1.165) is 19.4 Å². The van der Waals surface area contributed by atoms with Gasteiger partial charge < -0.3 is 19.3 Å². The number of esters is 1. The summed E-state index contributed by atoms with van der Waals surface area (Å²) >= 11 is 0. The van der Waals surface area contributed by atoms with Crippen molar-refractivity contribution in [2.45, 2.75) is 90.3 Å². The van der Waals surface area contributed by atoms with Crippen molar-refractivity contribution in [3.63, 3.8) is 0 Å². The van der Waals surface area contributed by atoms with E-state index >= 15 is 8.78 Å². The Balaban J connectivity index is 1.80. The first-order valence-corrected chi connectivity index (χ1v) is 13.7. The summed E-state index contributed by atoms with van der Waals surface area (Å²) in [4.78, 5) is 50.3. The van der Waals surface area contributed by atoms with Crippen LogP contribution < -0.4 is 0 Å². The zero-order valence-corrected chi connectivity index (χ0v) is 23.1. The minimum Gasteiger partial charge on any atom is -0.458 e. The summed E-state index contributed by atoms with van der Waals surface area (Å²) in [6.45, 7) is 7.26. The van der Waals surface area contributed by atoms with Gasteiger partial charge in [0, 0.05) is 29.6 Å². The monoisotopic (exact) mass is 552 g/mol. The normalized spacial score (nSPS) is 42.5. The first kappa shape index (κ1) is 29.4. The lowest BCUT2D eigenvalue weighted by Gasteiger charge is -2.63. The van der Waals surface area contributed by atoms with Crippen LogP contribution in [0.1, 0.15) is 66.7 Å². The maximum Gasteiger partial charge on any atom is 0.509 e. The highest BCUT2D eigenvalue weighted by molar-refractivity contribution is 6.01. The topological polar surface area (TPSA) is 116 Å². The predicted molar refractivity (Wildman–Crippen MR) is 135 cm³/mol. The van der Waals surface area contributed by atoms with Crippen molar-refractivity contribution in [3.8, 4) is 0 Å². The average Bonchev–Trinajstić information content (AvgIpc) is 3.07. The number of aliphatic hydroxyl groups excluding tert-OH is 1. The molecule has 0 aliphatic heterocycles. The number of rotatable bonds is 7. The summed E-state index contributed by atoms with van der Waals surface area (Å²) in [5.74, 6) is -4.29. The van der Waals surface area contributed by atoms with E-state index in [-0.39, 0.29) is 31.4 Å². The van der Waals surface area contributed by atoms with Crippen LogP contribution in [-0.2, 0) is 28.6 Å². The fourth-order valence-electron chi connectivity index (χ4n) is 8.13. The Morgan fingerprint density at radius 1 is 1.15 bits per heavy atom. The second-order valence-corrected chi connectivity index (χ2v) is 12.0. The van der Waals surface area contributed by atoms with Crippen molar-refractivity contribution >= 4 is 23.7 Å². The van der Waals surface area contributed by atoms with E-state index in [4.69, 9.17) is 14.2 Å². The van der Waals surface area contributed by atoms with E-state index in [0.29, 0.717) is 6.42 Å². The van der Waals surface area contributed by atoms with Crippen molar-refractivity contribution in [2.24, 2.45) is 28.6 Å². The van der Waals surface area contributed by atoms with Gasteiger partial charge in [-0.1, -0.05) is 33.3 Å². The van der Waals surface area contributed by atoms with Crippen molar-refractivity contribution in [3.05, 3.63) is 23.8 Å². The van der Waals surface area contributed by atoms with Gasteiger partial charge >= 0.3 is 12.1 Å². The number of hydrogen-bond acceptors (Lipinski definition) is 8. The number of unbranched alkanes of at least 4 members (excludes halogenated alkanes) is 1. The standard InChI is InChI=1S/C29H38F2O8/c1-6-7-10-37-25(36)39-29(24(35)15-38-17(3)32)16(2)11-19-20-13-22(30)21-12-18(33)8-9-26(21,4)28(20,31)23(34)14-27(19,29)5/h8-9,12,16,19-20,22-23,34H,6-7,10-11,13-15H2,1-5H3/t16-,19+,20+,22+,23+,26+,27+,28+,29+/m1/s1. The Bertz CT molecular complexity index is 1120. The molecule has 0 unspecified atom stereocenters. The van der Waals surface area contributed by atoms with E-state index in [9.17, 15) is 24.3 Å². The molecule has 4 rings (SSSR count). The maximum atomic E-state index is 17.4. The second-order valence-electron chi connectivity index (χ2n) is 12.0. The fourth-order valence-corrected chi connectivity index (χ4v) is 8.13. The van der Waals surface area contributed by atoms with Crippen LogP contribution in [-0.4, -0.2) is 65.6 Å². The Hall–Kier alpha value is -2.62. The molecule has 39 heavy (non-hydrogen) atoms. The van der Waals surface area contributed by atoms with Gasteiger partial charge in [0.2, 0.25) is 5.78 Å². The van der Waals surface area contributed by atoms with Crippen LogP contribution in [0.5, 0.6) is 0 Å². The number of hydrogen-bond donors (Lipinski definition) is 1. The van der Waals surface area contributed by atoms with Crippen LogP contribution in [0.15, 0.2) is 23.8 Å². The van der Waals surface area contributed by atoms with Crippen molar-refractivity contribution in [2.75, 3.05) is 13.2 Å². The lowest BCUT2D eigenvalue weighted by atomic mass is 9.44. The lowest BCUT2D eigenvalue weighted by Crippen LogP contribution is -2.71. The second kappa shape index (κ2) is 10.1. The number of fused-ring (bicyclic) bond motifs is 5. The van der Waals surface area contributed by atoms with E-state index in [1.807, 2.05) is 6.92 Å². The summed E-state index contributed by atoms with van der Waals surface area (Å²) in [6, 6.07) is 0. The van der Waals surface area contributed by atoms with Crippen molar-refractivity contribution in [1.82, 2.24) is 0 Å². The molecule has 0 saturated heterocycles. The van der Waals surface area contributed by atoms with Gasteiger partial charge in [0.25, 0.3) is 0 Å². The summed E-state index contributed by atoms with van der Waals surface area (Å²) in [5, 5.41) is 11.5. The quantitative estimate of drug-likeness (QED) is 0.366. The number of Topliss-reactive ketones (excluding diaryl/α,β-unsaturated/α-hetero) is 1. The number of allylic oxidation sites excluding steroid dienone is 4. The number of ether oxygens (including phenoxy) is 3. The van der Waals surface area contributed by atoms with Crippen LogP contribution in [0.25, 0.3) is 0 Å². The highest BCUT2D eigenvalue weighted by atomic mass is 19.1. The van der Waals surface area contributed by atoms with Gasteiger partial charge in [0.05, 0.1) is 12.7 Å². The van der Waals surface area contributed by atoms with Crippen LogP contribution in [0, 0.1) is 28.6 Å². The van der Waals surface area contributed by atoms with E-state index in [1.54, 1.807) is 13.8 Å². The summed E-state index contributed by atoms with van der Waals surface area (Å²) < 4.78 is 49.2. The summed E-state index contributed by atoms with van der Waals surface area (Å²) in [5.41, 5.74) is -7.19. The molecule has 0 radical (unpaired) electrons. The molecular weight excluding hydrogens is 514 g/mol. The number of carbonyl (C=O) groups is 4. The largest absolute Gasteiger partial charge is 0.509 e. The van der Waals surface area contributed by atoms with Gasteiger partial charge in [-0.25, -0.2) is 13.6 Å². The van der Waals surface area contributed by atoms with Crippen molar-refractivity contribution < 1.29 is 47.3 Å². The number of alkyl halides is 2. The molecule has 8 nitrogen and oxygen atoms in total. The highest BCUT2D eigenvalue weighted by Crippen LogP contribution is 2.71.